The third-order valence-corrected chi connectivity index (χ3v) is 3.16. The number of hydrogen-bond acceptors (Lipinski definition) is 5. The molecule has 1 saturated heterocycles. The van der Waals surface area contributed by atoms with Crippen molar-refractivity contribution in [1.82, 2.24) is 0 Å². The lowest BCUT2D eigenvalue weighted by molar-refractivity contribution is -0.383. The molecule has 0 saturated carbocycles. The summed E-state index contributed by atoms with van der Waals surface area (Å²) < 4.78 is 5.29. The molecular formula is C12H17N3O3. The van der Waals surface area contributed by atoms with Gasteiger partial charge in [-0.25, -0.2) is 0 Å². The molecule has 2 rings (SSSR count). The molecule has 98 valence electrons. The highest BCUT2D eigenvalue weighted by Crippen LogP contribution is 2.25. The molecule has 0 aromatic heterocycles. The van der Waals surface area contributed by atoms with Gasteiger partial charge >= 0.3 is 0 Å². The minimum absolute atomic E-state index is 0.0494. The van der Waals surface area contributed by atoms with Crippen molar-refractivity contribution >= 4 is 17.1 Å². The molecule has 6 heteroatoms. The van der Waals surface area contributed by atoms with Gasteiger partial charge in [0.2, 0.25) is 0 Å². The summed E-state index contributed by atoms with van der Waals surface area (Å²) in [6.07, 6.45) is 2.10. The fourth-order valence-electron chi connectivity index (χ4n) is 2.04. The Morgan fingerprint density at radius 3 is 2.78 bits per heavy atom. The number of nitrogens with zero attached hydrogens (tertiary/aromatic N) is 1. The zero-order valence-corrected chi connectivity index (χ0v) is 10.1. The lowest BCUT2D eigenvalue weighted by Gasteiger charge is -2.22. The molecule has 1 heterocycles. The predicted octanol–water partition coefficient (Wildman–Crippen LogP) is 2.02. The van der Waals surface area contributed by atoms with Gasteiger partial charge in [-0.05, 0) is 30.9 Å². The number of rotatable bonds is 4. The molecular weight excluding hydrogens is 234 g/mol. The number of nitrogen functional groups attached to an aromatic ring is 1. The largest absolute Gasteiger partial charge is 0.393 e. The first-order valence-corrected chi connectivity index (χ1v) is 6.02. The molecule has 1 aliphatic rings. The van der Waals surface area contributed by atoms with Crippen LogP contribution in [0.2, 0.25) is 0 Å². The first kappa shape index (κ1) is 12.6. The number of nitrogens with two attached hydrogens (primary N) is 1. The molecule has 0 amide bonds. The maximum Gasteiger partial charge on any atom is 0.292 e. The van der Waals surface area contributed by atoms with E-state index in [1.165, 1.54) is 6.07 Å². The molecule has 0 radical (unpaired) electrons. The Hall–Kier alpha value is -1.82. The van der Waals surface area contributed by atoms with E-state index in [4.69, 9.17) is 10.5 Å². The number of nitro benzene ring substituents is 1. The van der Waals surface area contributed by atoms with E-state index in [1.807, 2.05) is 0 Å². The average molecular weight is 251 g/mol. The van der Waals surface area contributed by atoms with Crippen LogP contribution in [0.25, 0.3) is 0 Å². The van der Waals surface area contributed by atoms with E-state index in [2.05, 4.69) is 5.32 Å². The minimum Gasteiger partial charge on any atom is -0.393 e. The summed E-state index contributed by atoms with van der Waals surface area (Å²) in [4.78, 5) is 10.2. The van der Waals surface area contributed by atoms with Gasteiger partial charge in [-0.2, -0.15) is 0 Å². The van der Waals surface area contributed by atoms with E-state index in [1.54, 1.807) is 12.1 Å². The Morgan fingerprint density at radius 2 is 2.17 bits per heavy atom. The monoisotopic (exact) mass is 251 g/mol. The number of nitrogens with one attached hydrogen (secondary N) is 1. The number of anilines is 2. The van der Waals surface area contributed by atoms with Gasteiger partial charge < -0.3 is 15.8 Å². The maximum atomic E-state index is 10.6. The van der Waals surface area contributed by atoms with Crippen LogP contribution in [-0.4, -0.2) is 24.7 Å². The van der Waals surface area contributed by atoms with Gasteiger partial charge in [0.05, 0.1) is 4.92 Å². The van der Waals surface area contributed by atoms with Crippen LogP contribution in [0.15, 0.2) is 18.2 Å². The van der Waals surface area contributed by atoms with Gasteiger partial charge in [-0.1, -0.05) is 0 Å². The smallest absolute Gasteiger partial charge is 0.292 e. The van der Waals surface area contributed by atoms with E-state index in [9.17, 15) is 10.1 Å². The molecule has 1 aromatic carbocycles. The maximum absolute atomic E-state index is 10.6. The van der Waals surface area contributed by atoms with Crippen LogP contribution < -0.4 is 11.1 Å². The van der Waals surface area contributed by atoms with Crippen LogP contribution in [0.5, 0.6) is 0 Å². The summed E-state index contributed by atoms with van der Waals surface area (Å²) in [6, 6.07) is 4.73. The number of benzene rings is 1. The topological polar surface area (TPSA) is 90.4 Å². The first-order chi connectivity index (χ1) is 8.66. The highest BCUT2D eigenvalue weighted by Gasteiger charge is 2.14. The van der Waals surface area contributed by atoms with Crippen molar-refractivity contribution in [2.45, 2.75) is 12.8 Å². The highest BCUT2D eigenvalue weighted by atomic mass is 16.6. The van der Waals surface area contributed by atoms with Crippen LogP contribution in [0.3, 0.4) is 0 Å². The van der Waals surface area contributed by atoms with E-state index in [-0.39, 0.29) is 11.4 Å². The molecule has 0 unspecified atom stereocenters. The second-order valence-corrected chi connectivity index (χ2v) is 4.47. The Labute approximate surface area is 105 Å². The summed E-state index contributed by atoms with van der Waals surface area (Å²) >= 11 is 0. The summed E-state index contributed by atoms with van der Waals surface area (Å²) in [7, 11) is 0. The van der Waals surface area contributed by atoms with Crippen LogP contribution in [0.4, 0.5) is 17.1 Å². The van der Waals surface area contributed by atoms with Gasteiger partial charge in [-0.15, -0.1) is 0 Å². The van der Waals surface area contributed by atoms with Crippen LogP contribution in [-0.2, 0) is 4.74 Å². The molecule has 1 fully saturated rings. The number of ether oxygens (including phenoxy) is 1. The molecule has 6 nitrogen and oxygen atoms in total. The summed E-state index contributed by atoms with van der Waals surface area (Å²) in [5.74, 6) is 0.593. The van der Waals surface area contributed by atoms with Crippen molar-refractivity contribution in [3.05, 3.63) is 28.3 Å². The number of nitro groups is 1. The Bertz CT molecular complexity index is 431. The normalized spacial score (nSPS) is 16.4. The van der Waals surface area contributed by atoms with Crippen LogP contribution >= 0.6 is 0 Å². The molecule has 0 spiro atoms. The zero-order valence-electron chi connectivity index (χ0n) is 10.1. The second kappa shape index (κ2) is 5.68. The van der Waals surface area contributed by atoms with Gasteiger partial charge in [0.25, 0.3) is 5.69 Å². The standard InChI is InChI=1S/C12H17N3O3/c13-11-7-10(1-2-12(11)15(16)17)14-8-9-3-5-18-6-4-9/h1-2,7,9,14H,3-6,8,13H2. The second-order valence-electron chi connectivity index (χ2n) is 4.47. The quantitative estimate of drug-likeness (QED) is 0.485. The molecule has 0 aliphatic carbocycles. The van der Waals surface area contributed by atoms with E-state index in [0.717, 1.165) is 38.3 Å². The van der Waals surface area contributed by atoms with Crippen molar-refractivity contribution in [3.63, 3.8) is 0 Å². The third-order valence-electron chi connectivity index (χ3n) is 3.16. The molecule has 0 atom stereocenters. The van der Waals surface area contributed by atoms with Crippen molar-refractivity contribution < 1.29 is 9.66 Å². The summed E-state index contributed by atoms with van der Waals surface area (Å²) in [5, 5.41) is 13.9. The molecule has 1 aliphatic heterocycles. The number of hydrogen-bond donors (Lipinski definition) is 2. The predicted molar refractivity (Wildman–Crippen MR) is 69.5 cm³/mol. The first-order valence-electron chi connectivity index (χ1n) is 6.02. The molecule has 1 aromatic rings. The zero-order chi connectivity index (χ0) is 13.0. The third kappa shape index (κ3) is 3.10. The van der Waals surface area contributed by atoms with Crippen LogP contribution in [0, 0.1) is 16.0 Å². The van der Waals surface area contributed by atoms with Gasteiger partial charge in [0, 0.05) is 31.5 Å². The van der Waals surface area contributed by atoms with Crippen molar-refractivity contribution in [2.24, 2.45) is 5.92 Å². The van der Waals surface area contributed by atoms with Crippen LogP contribution in [0.1, 0.15) is 12.8 Å². The highest BCUT2D eigenvalue weighted by molar-refractivity contribution is 5.65. The van der Waals surface area contributed by atoms with Crippen molar-refractivity contribution in [3.8, 4) is 0 Å². The van der Waals surface area contributed by atoms with Crippen molar-refractivity contribution in [2.75, 3.05) is 30.8 Å². The minimum atomic E-state index is -0.475. The fraction of sp³-hybridized carbons (Fsp3) is 0.500. The summed E-state index contributed by atoms with van der Waals surface area (Å²) in [5.41, 5.74) is 6.60. The SMILES string of the molecule is Nc1cc(NCC2CCOCC2)ccc1[N+](=O)[O-]. The van der Waals surface area contributed by atoms with E-state index >= 15 is 0 Å². The Morgan fingerprint density at radius 1 is 1.44 bits per heavy atom. The molecule has 18 heavy (non-hydrogen) atoms. The Balaban J connectivity index is 1.93. The van der Waals surface area contributed by atoms with E-state index < -0.39 is 4.92 Å². The van der Waals surface area contributed by atoms with E-state index in [0.29, 0.717) is 5.92 Å². The molecule has 3 N–H and O–H groups in total. The van der Waals surface area contributed by atoms with Gasteiger partial charge in [0.15, 0.2) is 0 Å². The summed E-state index contributed by atoms with van der Waals surface area (Å²) in [6.45, 7) is 2.48. The average Bonchev–Trinajstić information content (AvgIpc) is 2.37. The Kier molecular flexibility index (Phi) is 3.99. The van der Waals surface area contributed by atoms with Gasteiger partial charge in [-0.3, -0.25) is 10.1 Å². The van der Waals surface area contributed by atoms with Gasteiger partial charge in [0.1, 0.15) is 5.69 Å². The lowest BCUT2D eigenvalue weighted by atomic mass is 10.0. The fourth-order valence-corrected chi connectivity index (χ4v) is 2.04. The molecule has 0 bridgehead atoms. The van der Waals surface area contributed by atoms with Crippen molar-refractivity contribution in [1.29, 1.82) is 0 Å². The lowest BCUT2D eigenvalue weighted by Crippen LogP contribution is -2.22.